The molecule has 3 nitrogen and oxygen atoms in total. The second kappa shape index (κ2) is 7.03. The Hall–Kier alpha value is -0.720. The smallest absolute Gasteiger partial charge is 0.143 e. The topological polar surface area (TPSA) is 35.5 Å². The van der Waals surface area contributed by atoms with Crippen LogP contribution in [0.5, 0.6) is 5.75 Å². The van der Waals surface area contributed by atoms with Crippen molar-refractivity contribution in [1.82, 2.24) is 0 Å². The Morgan fingerprint density at radius 2 is 1.67 bits per heavy atom. The highest BCUT2D eigenvalue weighted by molar-refractivity contribution is 9.11. The van der Waals surface area contributed by atoms with E-state index in [2.05, 4.69) is 70.1 Å². The molecule has 6 heteroatoms. The minimum Gasteiger partial charge on any atom is -0.506 e. The van der Waals surface area contributed by atoms with Gasteiger partial charge in [-0.25, -0.2) is 0 Å². The molecule has 0 bridgehead atoms. The van der Waals surface area contributed by atoms with E-state index in [0.29, 0.717) is 15.5 Å². The molecule has 0 aromatic heterocycles. The van der Waals surface area contributed by atoms with Crippen LogP contribution >= 0.6 is 47.8 Å². The lowest BCUT2D eigenvalue weighted by Gasteiger charge is -2.19. The van der Waals surface area contributed by atoms with E-state index in [-0.39, 0.29) is 5.75 Å². The molecule has 2 aromatic carbocycles. The Kier molecular flexibility index (Phi) is 5.57. The molecule has 0 spiro atoms. The van der Waals surface area contributed by atoms with Gasteiger partial charge in [-0.15, -0.1) is 0 Å². The lowest BCUT2D eigenvalue weighted by atomic mass is 10.2. The maximum Gasteiger partial charge on any atom is 0.143 e. The Morgan fingerprint density at radius 3 is 2.24 bits per heavy atom. The Labute approximate surface area is 149 Å². The van der Waals surface area contributed by atoms with Crippen molar-refractivity contribution in [3.63, 3.8) is 0 Å². The first-order valence-corrected chi connectivity index (χ1v) is 8.64. The highest BCUT2D eigenvalue weighted by Crippen LogP contribution is 2.34. The van der Waals surface area contributed by atoms with Crippen molar-refractivity contribution in [2.75, 3.05) is 24.3 Å². The summed E-state index contributed by atoms with van der Waals surface area (Å²) < 4.78 is 2.38. The molecule has 0 unspecified atom stereocenters. The zero-order valence-electron chi connectivity index (χ0n) is 11.6. The van der Waals surface area contributed by atoms with E-state index in [9.17, 15) is 5.11 Å². The molecule has 112 valence electrons. The average molecular weight is 479 g/mol. The van der Waals surface area contributed by atoms with Gasteiger partial charge in [0.25, 0.3) is 0 Å². The van der Waals surface area contributed by atoms with Crippen molar-refractivity contribution in [2.45, 2.75) is 6.54 Å². The summed E-state index contributed by atoms with van der Waals surface area (Å²) in [5, 5.41) is 13.2. The van der Waals surface area contributed by atoms with Crippen LogP contribution in [0.1, 0.15) is 5.56 Å². The van der Waals surface area contributed by atoms with E-state index in [1.807, 2.05) is 32.3 Å². The van der Waals surface area contributed by atoms with E-state index in [1.54, 1.807) is 0 Å². The summed E-state index contributed by atoms with van der Waals surface area (Å²) in [7, 11) is 4.03. The van der Waals surface area contributed by atoms with Gasteiger partial charge in [-0.2, -0.15) is 0 Å². The molecule has 0 heterocycles. The van der Waals surface area contributed by atoms with Crippen molar-refractivity contribution < 1.29 is 5.11 Å². The Bertz CT molecular complexity index is 636. The minimum absolute atomic E-state index is 0.218. The van der Waals surface area contributed by atoms with Gasteiger partial charge >= 0.3 is 0 Å². The quantitative estimate of drug-likeness (QED) is 0.621. The van der Waals surface area contributed by atoms with E-state index in [4.69, 9.17) is 0 Å². The fourth-order valence-corrected chi connectivity index (χ4v) is 3.60. The highest BCUT2D eigenvalue weighted by Gasteiger charge is 2.08. The molecule has 0 atom stereocenters. The summed E-state index contributed by atoms with van der Waals surface area (Å²) in [6.07, 6.45) is 0. The van der Waals surface area contributed by atoms with Crippen LogP contribution in [0, 0.1) is 0 Å². The van der Waals surface area contributed by atoms with Crippen molar-refractivity contribution >= 4 is 59.2 Å². The van der Waals surface area contributed by atoms with Gasteiger partial charge in [-0.3, -0.25) is 0 Å². The molecule has 0 saturated carbocycles. The van der Waals surface area contributed by atoms with E-state index < -0.39 is 0 Å². The predicted molar refractivity (Wildman–Crippen MR) is 99.3 cm³/mol. The first-order chi connectivity index (χ1) is 9.88. The number of hydrogen-bond donors (Lipinski definition) is 2. The fraction of sp³-hybridized carbons (Fsp3) is 0.200. The predicted octanol–water partition coefficient (Wildman–Crippen LogP) is 5.36. The first-order valence-electron chi connectivity index (χ1n) is 6.26. The third-order valence-electron chi connectivity index (χ3n) is 3.00. The number of rotatable bonds is 4. The normalized spacial score (nSPS) is 10.5. The SMILES string of the molecule is CN(C)c1ccc(Br)cc1NCc1cc(Br)c(O)c(Br)c1. The molecule has 0 aliphatic rings. The van der Waals surface area contributed by atoms with Crippen molar-refractivity contribution in [3.8, 4) is 5.75 Å². The lowest BCUT2D eigenvalue weighted by Crippen LogP contribution is -2.12. The summed E-state index contributed by atoms with van der Waals surface area (Å²) in [5.41, 5.74) is 3.24. The minimum atomic E-state index is 0.218. The summed E-state index contributed by atoms with van der Waals surface area (Å²) in [6.45, 7) is 0.661. The maximum absolute atomic E-state index is 9.74. The zero-order valence-corrected chi connectivity index (χ0v) is 16.4. The van der Waals surface area contributed by atoms with Crippen molar-refractivity contribution in [2.24, 2.45) is 0 Å². The van der Waals surface area contributed by atoms with Gasteiger partial charge in [-0.05, 0) is 67.8 Å². The van der Waals surface area contributed by atoms with Gasteiger partial charge < -0.3 is 15.3 Å². The Morgan fingerprint density at radius 1 is 1.05 bits per heavy atom. The molecule has 2 N–H and O–H groups in total. The molecular formula is C15H15Br3N2O. The molecule has 0 radical (unpaired) electrons. The van der Waals surface area contributed by atoms with E-state index in [1.165, 1.54) is 0 Å². The van der Waals surface area contributed by atoms with Gasteiger partial charge in [-0.1, -0.05) is 15.9 Å². The van der Waals surface area contributed by atoms with Gasteiger partial charge in [0.1, 0.15) is 5.75 Å². The van der Waals surface area contributed by atoms with Crippen LogP contribution in [0.25, 0.3) is 0 Å². The summed E-state index contributed by atoms with van der Waals surface area (Å²) in [4.78, 5) is 2.07. The molecule has 2 rings (SSSR count). The number of aromatic hydroxyl groups is 1. The standard InChI is InChI=1S/C15H15Br3N2O/c1-20(2)14-4-3-10(16)7-13(14)19-8-9-5-11(17)15(21)12(18)6-9/h3-7,19,21H,8H2,1-2H3. The van der Waals surface area contributed by atoms with Crippen molar-refractivity contribution in [1.29, 1.82) is 0 Å². The Balaban J connectivity index is 2.22. The molecular weight excluding hydrogens is 464 g/mol. The summed E-state index contributed by atoms with van der Waals surface area (Å²) >= 11 is 10.2. The van der Waals surface area contributed by atoms with Crippen molar-refractivity contribution in [3.05, 3.63) is 49.3 Å². The number of nitrogens with one attached hydrogen (secondary N) is 1. The second-order valence-corrected chi connectivity index (χ2v) is 7.44. The molecule has 0 aliphatic carbocycles. The monoisotopic (exact) mass is 476 g/mol. The zero-order chi connectivity index (χ0) is 15.6. The van der Waals surface area contributed by atoms with E-state index in [0.717, 1.165) is 21.4 Å². The van der Waals surface area contributed by atoms with Gasteiger partial charge in [0.2, 0.25) is 0 Å². The third-order valence-corrected chi connectivity index (χ3v) is 4.70. The summed E-state index contributed by atoms with van der Waals surface area (Å²) in [5.74, 6) is 0.218. The molecule has 0 aliphatic heterocycles. The van der Waals surface area contributed by atoms with Crippen LogP contribution < -0.4 is 10.2 Å². The third kappa shape index (κ3) is 4.14. The first kappa shape index (κ1) is 16.6. The van der Waals surface area contributed by atoms with Crippen LogP contribution in [0.3, 0.4) is 0 Å². The van der Waals surface area contributed by atoms with Gasteiger partial charge in [0.15, 0.2) is 0 Å². The molecule has 0 amide bonds. The number of nitrogens with zero attached hydrogens (tertiary/aromatic N) is 1. The van der Waals surface area contributed by atoms with Crippen LogP contribution in [0.15, 0.2) is 43.7 Å². The fourth-order valence-electron chi connectivity index (χ4n) is 1.96. The molecule has 2 aromatic rings. The van der Waals surface area contributed by atoms with Crippen LogP contribution in [0.4, 0.5) is 11.4 Å². The largest absolute Gasteiger partial charge is 0.506 e. The lowest BCUT2D eigenvalue weighted by molar-refractivity contribution is 0.468. The number of phenols is 1. The highest BCUT2D eigenvalue weighted by atomic mass is 79.9. The molecule has 0 fully saturated rings. The number of halogens is 3. The van der Waals surface area contributed by atoms with Crippen LogP contribution in [-0.4, -0.2) is 19.2 Å². The van der Waals surface area contributed by atoms with Crippen LogP contribution in [-0.2, 0) is 6.54 Å². The van der Waals surface area contributed by atoms with Gasteiger partial charge in [0.05, 0.1) is 20.3 Å². The molecule has 0 saturated heterocycles. The van der Waals surface area contributed by atoms with Gasteiger partial charge in [0, 0.05) is 25.1 Å². The number of anilines is 2. The molecule has 21 heavy (non-hydrogen) atoms. The number of benzene rings is 2. The number of phenolic OH excluding ortho intramolecular Hbond substituents is 1. The summed E-state index contributed by atoms with van der Waals surface area (Å²) in [6, 6.07) is 9.95. The van der Waals surface area contributed by atoms with E-state index >= 15 is 0 Å². The van der Waals surface area contributed by atoms with Crippen LogP contribution in [0.2, 0.25) is 0 Å². The number of hydrogen-bond acceptors (Lipinski definition) is 3. The second-order valence-electron chi connectivity index (χ2n) is 4.82. The average Bonchev–Trinajstić information content (AvgIpc) is 2.42. The maximum atomic E-state index is 9.74.